The fourth-order valence-corrected chi connectivity index (χ4v) is 3.24. The summed E-state index contributed by atoms with van der Waals surface area (Å²) >= 11 is 4.91. The number of rotatable bonds is 3. The molecule has 1 saturated heterocycles. The number of hydrogen-bond acceptors (Lipinski definition) is 3. The molecule has 2 rings (SSSR count). The van der Waals surface area contributed by atoms with Crippen LogP contribution in [0, 0.1) is 0 Å². The number of carboxylic acids is 1. The van der Waals surface area contributed by atoms with Gasteiger partial charge in [0.15, 0.2) is 0 Å². The highest BCUT2D eigenvalue weighted by atomic mass is 79.9. The third-order valence-electron chi connectivity index (χ3n) is 3.03. The van der Waals surface area contributed by atoms with Gasteiger partial charge in [0.05, 0.1) is 0 Å². The van der Waals surface area contributed by atoms with Crippen molar-refractivity contribution in [2.75, 3.05) is 18.1 Å². The van der Waals surface area contributed by atoms with Crippen LogP contribution in [0.4, 0.5) is 4.79 Å². The number of halogens is 1. The van der Waals surface area contributed by atoms with Crippen LogP contribution in [0.2, 0.25) is 0 Å². The van der Waals surface area contributed by atoms with E-state index in [2.05, 4.69) is 21.2 Å². The molecule has 1 aliphatic rings. The van der Waals surface area contributed by atoms with Gasteiger partial charge in [0, 0.05) is 29.1 Å². The van der Waals surface area contributed by atoms with Crippen LogP contribution in [-0.4, -0.2) is 46.1 Å². The molecule has 0 aromatic heterocycles. The number of amides is 2. The van der Waals surface area contributed by atoms with E-state index in [0.717, 1.165) is 15.8 Å². The van der Waals surface area contributed by atoms with Crippen molar-refractivity contribution in [2.45, 2.75) is 12.6 Å². The van der Waals surface area contributed by atoms with Gasteiger partial charge in [-0.25, -0.2) is 9.59 Å². The van der Waals surface area contributed by atoms with Crippen molar-refractivity contribution in [1.82, 2.24) is 10.2 Å². The molecule has 1 fully saturated rings. The smallest absolute Gasteiger partial charge is 0.327 e. The monoisotopic (exact) mass is 358 g/mol. The molecular weight excluding hydrogens is 344 g/mol. The van der Waals surface area contributed by atoms with E-state index in [1.165, 1.54) is 4.90 Å². The molecule has 2 N–H and O–H groups in total. The Morgan fingerprint density at radius 1 is 1.40 bits per heavy atom. The lowest BCUT2D eigenvalue weighted by atomic mass is 10.2. The summed E-state index contributed by atoms with van der Waals surface area (Å²) in [6, 6.07) is 6.56. The minimum atomic E-state index is -0.948. The highest BCUT2D eigenvalue weighted by Crippen LogP contribution is 2.17. The topological polar surface area (TPSA) is 69.6 Å². The van der Waals surface area contributed by atoms with E-state index in [1.807, 2.05) is 24.3 Å². The number of carboxylic acid groups (broad SMARTS) is 1. The van der Waals surface area contributed by atoms with Crippen LogP contribution in [0.15, 0.2) is 28.7 Å². The fraction of sp³-hybridized carbons (Fsp3) is 0.385. The van der Waals surface area contributed by atoms with E-state index in [9.17, 15) is 9.59 Å². The average Bonchev–Trinajstić information content (AvgIpc) is 2.46. The first-order valence-electron chi connectivity index (χ1n) is 6.17. The van der Waals surface area contributed by atoms with Gasteiger partial charge >= 0.3 is 12.0 Å². The molecule has 1 aliphatic heterocycles. The first kappa shape index (κ1) is 15.2. The maximum Gasteiger partial charge on any atom is 0.327 e. The van der Waals surface area contributed by atoms with Gasteiger partial charge in [-0.05, 0) is 17.7 Å². The van der Waals surface area contributed by atoms with Crippen LogP contribution in [0.5, 0.6) is 0 Å². The van der Waals surface area contributed by atoms with Crippen LogP contribution in [0.1, 0.15) is 5.56 Å². The van der Waals surface area contributed by atoms with Crippen molar-refractivity contribution >= 4 is 39.7 Å². The van der Waals surface area contributed by atoms with Gasteiger partial charge in [0.25, 0.3) is 0 Å². The first-order chi connectivity index (χ1) is 9.58. The molecule has 0 aliphatic carbocycles. The number of benzene rings is 1. The third kappa shape index (κ3) is 3.89. The predicted molar refractivity (Wildman–Crippen MR) is 81.8 cm³/mol. The Kier molecular flexibility index (Phi) is 5.31. The Bertz CT molecular complexity index is 495. The summed E-state index contributed by atoms with van der Waals surface area (Å²) in [4.78, 5) is 24.6. The minimum Gasteiger partial charge on any atom is -0.480 e. The Morgan fingerprint density at radius 3 is 2.75 bits per heavy atom. The second-order valence-electron chi connectivity index (χ2n) is 4.41. The number of carbonyl (C=O) groups is 2. The molecule has 1 aromatic rings. The zero-order valence-electron chi connectivity index (χ0n) is 10.7. The van der Waals surface area contributed by atoms with E-state index in [-0.39, 0.29) is 6.03 Å². The summed E-state index contributed by atoms with van der Waals surface area (Å²) in [6.45, 7) is 0.857. The number of aliphatic carboxylic acids is 1. The summed E-state index contributed by atoms with van der Waals surface area (Å²) in [5.41, 5.74) is 0.972. The van der Waals surface area contributed by atoms with Gasteiger partial charge in [-0.2, -0.15) is 11.8 Å². The quantitative estimate of drug-likeness (QED) is 0.868. The predicted octanol–water partition coefficient (Wildman–Crippen LogP) is 2.16. The Labute approximate surface area is 129 Å². The molecular formula is C13H15BrN2O3S. The molecule has 1 heterocycles. The van der Waals surface area contributed by atoms with E-state index in [4.69, 9.17) is 5.11 Å². The van der Waals surface area contributed by atoms with Crippen LogP contribution in [-0.2, 0) is 11.3 Å². The fourth-order valence-electron chi connectivity index (χ4n) is 1.93. The molecule has 5 nitrogen and oxygen atoms in total. The standard InChI is InChI=1S/C13H15BrN2O3S/c14-10-3-1-9(2-4-10)7-15-13(19)16-5-6-20-8-11(16)12(17)18/h1-4,11H,5-8H2,(H,15,19)(H,17,18). The number of hydrogen-bond donors (Lipinski definition) is 2. The van der Waals surface area contributed by atoms with E-state index >= 15 is 0 Å². The van der Waals surface area contributed by atoms with Crippen LogP contribution in [0.25, 0.3) is 0 Å². The van der Waals surface area contributed by atoms with Crippen molar-refractivity contribution < 1.29 is 14.7 Å². The summed E-state index contributed by atoms with van der Waals surface area (Å²) < 4.78 is 0.978. The van der Waals surface area contributed by atoms with Crippen molar-refractivity contribution in [1.29, 1.82) is 0 Å². The molecule has 0 bridgehead atoms. The first-order valence-corrected chi connectivity index (χ1v) is 8.12. The summed E-state index contributed by atoms with van der Waals surface area (Å²) in [6.07, 6.45) is 0. The zero-order valence-corrected chi connectivity index (χ0v) is 13.1. The minimum absolute atomic E-state index is 0.319. The second kappa shape index (κ2) is 6.99. The SMILES string of the molecule is O=C(O)C1CSCCN1C(=O)NCc1ccc(Br)cc1. The number of nitrogens with zero attached hydrogens (tertiary/aromatic N) is 1. The number of carbonyl (C=O) groups excluding carboxylic acids is 1. The van der Waals surface area contributed by atoms with Gasteiger partial charge in [0.2, 0.25) is 0 Å². The van der Waals surface area contributed by atoms with Crippen LogP contribution < -0.4 is 5.32 Å². The maximum absolute atomic E-state index is 12.1. The molecule has 7 heteroatoms. The molecule has 1 aromatic carbocycles. The Morgan fingerprint density at radius 2 is 2.10 bits per heavy atom. The van der Waals surface area contributed by atoms with Gasteiger partial charge in [-0.15, -0.1) is 0 Å². The summed E-state index contributed by atoms with van der Waals surface area (Å²) in [5, 5.41) is 11.9. The lowest BCUT2D eigenvalue weighted by molar-refractivity contribution is -0.141. The van der Waals surface area contributed by atoms with Crippen molar-refractivity contribution in [2.24, 2.45) is 0 Å². The van der Waals surface area contributed by atoms with E-state index < -0.39 is 12.0 Å². The van der Waals surface area contributed by atoms with Crippen molar-refractivity contribution in [3.05, 3.63) is 34.3 Å². The normalized spacial score (nSPS) is 18.6. The summed E-state index contributed by atoms with van der Waals surface area (Å²) in [7, 11) is 0. The van der Waals surface area contributed by atoms with Crippen molar-refractivity contribution in [3.63, 3.8) is 0 Å². The largest absolute Gasteiger partial charge is 0.480 e. The molecule has 1 atom stereocenters. The molecule has 2 amide bonds. The molecule has 0 radical (unpaired) electrons. The van der Waals surface area contributed by atoms with Gasteiger partial charge in [-0.3, -0.25) is 0 Å². The van der Waals surface area contributed by atoms with Crippen molar-refractivity contribution in [3.8, 4) is 0 Å². The van der Waals surface area contributed by atoms with E-state index in [0.29, 0.717) is 18.8 Å². The Hall–Kier alpha value is -1.21. The third-order valence-corrected chi connectivity index (χ3v) is 4.58. The second-order valence-corrected chi connectivity index (χ2v) is 6.47. The van der Waals surface area contributed by atoms with Gasteiger partial charge in [-0.1, -0.05) is 28.1 Å². The highest BCUT2D eigenvalue weighted by molar-refractivity contribution is 9.10. The van der Waals surface area contributed by atoms with Crippen LogP contribution >= 0.6 is 27.7 Å². The molecule has 20 heavy (non-hydrogen) atoms. The molecule has 0 spiro atoms. The zero-order chi connectivity index (χ0) is 14.5. The lowest BCUT2D eigenvalue weighted by Crippen LogP contribution is -2.53. The number of nitrogens with one attached hydrogen (secondary N) is 1. The van der Waals surface area contributed by atoms with Gasteiger partial charge < -0.3 is 15.3 Å². The summed E-state index contributed by atoms with van der Waals surface area (Å²) in [5.74, 6) is 0.271. The average molecular weight is 359 g/mol. The number of urea groups is 1. The Balaban J connectivity index is 1.93. The maximum atomic E-state index is 12.1. The highest BCUT2D eigenvalue weighted by Gasteiger charge is 2.32. The molecule has 0 saturated carbocycles. The van der Waals surface area contributed by atoms with E-state index in [1.54, 1.807) is 11.8 Å². The van der Waals surface area contributed by atoms with Gasteiger partial charge in [0.1, 0.15) is 6.04 Å². The van der Waals surface area contributed by atoms with Crippen LogP contribution in [0.3, 0.4) is 0 Å². The lowest BCUT2D eigenvalue weighted by Gasteiger charge is -2.32. The number of thioether (sulfide) groups is 1. The molecule has 1 unspecified atom stereocenters. The molecule has 108 valence electrons.